The Hall–Kier alpha value is -0.910. The third-order valence-electron chi connectivity index (χ3n) is 3.24. The average Bonchev–Trinajstić information content (AvgIpc) is 2.90. The van der Waals surface area contributed by atoms with E-state index in [9.17, 15) is 4.79 Å². The molecule has 0 saturated carbocycles. The average molecular weight is 269 g/mol. The lowest BCUT2D eigenvalue weighted by molar-refractivity contribution is -0.122. The fourth-order valence-electron chi connectivity index (χ4n) is 1.59. The summed E-state index contributed by atoms with van der Waals surface area (Å²) in [6.07, 6.45) is 1.11. The van der Waals surface area contributed by atoms with Gasteiger partial charge < -0.3 is 16.0 Å². The Labute approximate surface area is 113 Å². The largest absolute Gasteiger partial charge is 0.353 e. The SMILES string of the molecule is CCC(C)N(C)CCNC(=O)C(N)c1cccs1. The number of rotatable bonds is 7. The molecule has 2 atom stereocenters. The first-order chi connectivity index (χ1) is 8.56. The normalized spacial score (nSPS) is 14.5. The Morgan fingerprint density at radius 3 is 2.89 bits per heavy atom. The zero-order valence-corrected chi connectivity index (χ0v) is 12.2. The maximum atomic E-state index is 11.8. The van der Waals surface area contributed by atoms with E-state index >= 15 is 0 Å². The third kappa shape index (κ3) is 4.40. The summed E-state index contributed by atoms with van der Waals surface area (Å²) in [5.41, 5.74) is 5.87. The zero-order valence-electron chi connectivity index (χ0n) is 11.3. The summed E-state index contributed by atoms with van der Waals surface area (Å²) in [7, 11) is 2.07. The molecule has 0 aliphatic rings. The summed E-state index contributed by atoms with van der Waals surface area (Å²) in [6, 6.07) is 3.79. The molecule has 2 unspecified atom stereocenters. The Morgan fingerprint density at radius 1 is 1.61 bits per heavy atom. The molecule has 3 N–H and O–H groups in total. The zero-order chi connectivity index (χ0) is 13.5. The predicted octanol–water partition coefficient (Wildman–Crippen LogP) is 1.59. The van der Waals surface area contributed by atoms with Gasteiger partial charge in [-0.15, -0.1) is 11.3 Å². The van der Waals surface area contributed by atoms with Gasteiger partial charge in [-0.05, 0) is 31.8 Å². The summed E-state index contributed by atoms with van der Waals surface area (Å²) >= 11 is 1.51. The van der Waals surface area contributed by atoms with Gasteiger partial charge in [-0.3, -0.25) is 4.79 Å². The number of nitrogens with one attached hydrogen (secondary N) is 1. The topological polar surface area (TPSA) is 58.4 Å². The second kappa shape index (κ2) is 7.51. The van der Waals surface area contributed by atoms with Crippen molar-refractivity contribution in [3.05, 3.63) is 22.4 Å². The summed E-state index contributed by atoms with van der Waals surface area (Å²) in [4.78, 5) is 15.0. The van der Waals surface area contributed by atoms with Crippen molar-refractivity contribution in [2.75, 3.05) is 20.1 Å². The van der Waals surface area contributed by atoms with Gasteiger partial charge in [-0.1, -0.05) is 13.0 Å². The van der Waals surface area contributed by atoms with Crippen LogP contribution < -0.4 is 11.1 Å². The molecule has 1 aromatic rings. The Morgan fingerprint density at radius 2 is 2.33 bits per heavy atom. The molecule has 0 aliphatic carbocycles. The molecule has 5 heteroatoms. The van der Waals surface area contributed by atoms with Crippen LogP contribution in [0.15, 0.2) is 17.5 Å². The maximum Gasteiger partial charge on any atom is 0.242 e. The van der Waals surface area contributed by atoms with E-state index in [0.717, 1.165) is 17.8 Å². The Kier molecular flexibility index (Phi) is 6.32. The highest BCUT2D eigenvalue weighted by Gasteiger charge is 2.16. The number of carbonyl (C=O) groups excluding carboxylic acids is 1. The molecule has 0 saturated heterocycles. The molecule has 0 aromatic carbocycles. The number of nitrogens with zero attached hydrogens (tertiary/aromatic N) is 1. The first-order valence-electron chi connectivity index (χ1n) is 6.33. The van der Waals surface area contributed by atoms with Crippen LogP contribution in [-0.4, -0.2) is 37.0 Å². The third-order valence-corrected chi connectivity index (χ3v) is 4.19. The fraction of sp³-hybridized carbons (Fsp3) is 0.615. The van der Waals surface area contributed by atoms with Crippen LogP contribution in [0.2, 0.25) is 0 Å². The van der Waals surface area contributed by atoms with Gasteiger partial charge >= 0.3 is 0 Å². The summed E-state index contributed by atoms with van der Waals surface area (Å²) in [5, 5.41) is 4.81. The van der Waals surface area contributed by atoms with Crippen LogP contribution in [0.3, 0.4) is 0 Å². The van der Waals surface area contributed by atoms with Gasteiger partial charge in [-0.2, -0.15) is 0 Å². The highest BCUT2D eigenvalue weighted by Crippen LogP contribution is 2.16. The van der Waals surface area contributed by atoms with E-state index in [4.69, 9.17) is 5.73 Å². The quantitative estimate of drug-likeness (QED) is 0.790. The van der Waals surface area contributed by atoms with Crippen LogP contribution in [-0.2, 0) is 4.79 Å². The molecule has 0 radical (unpaired) electrons. The number of carbonyl (C=O) groups is 1. The van der Waals surface area contributed by atoms with Gasteiger partial charge in [0.1, 0.15) is 6.04 Å². The van der Waals surface area contributed by atoms with Crippen molar-refractivity contribution >= 4 is 17.2 Å². The fourth-order valence-corrected chi connectivity index (χ4v) is 2.32. The van der Waals surface area contributed by atoms with Crippen molar-refractivity contribution in [2.45, 2.75) is 32.4 Å². The van der Waals surface area contributed by atoms with Gasteiger partial charge in [0.15, 0.2) is 0 Å². The second-order valence-corrected chi connectivity index (χ2v) is 5.50. The summed E-state index contributed by atoms with van der Waals surface area (Å²) < 4.78 is 0. The van der Waals surface area contributed by atoms with E-state index in [1.165, 1.54) is 11.3 Å². The van der Waals surface area contributed by atoms with Crippen LogP contribution in [0.4, 0.5) is 0 Å². The van der Waals surface area contributed by atoms with Gasteiger partial charge in [0, 0.05) is 24.0 Å². The molecular weight excluding hydrogens is 246 g/mol. The predicted molar refractivity (Wildman–Crippen MR) is 76.6 cm³/mol. The molecule has 4 nitrogen and oxygen atoms in total. The number of likely N-dealkylation sites (N-methyl/N-ethyl adjacent to an activating group) is 1. The van der Waals surface area contributed by atoms with E-state index < -0.39 is 6.04 Å². The number of nitrogens with two attached hydrogens (primary N) is 1. The highest BCUT2D eigenvalue weighted by molar-refractivity contribution is 7.10. The second-order valence-electron chi connectivity index (χ2n) is 4.52. The molecule has 0 bridgehead atoms. The maximum absolute atomic E-state index is 11.8. The van der Waals surface area contributed by atoms with Crippen molar-refractivity contribution in [1.82, 2.24) is 10.2 Å². The number of thiophene rings is 1. The van der Waals surface area contributed by atoms with Crippen molar-refractivity contribution in [1.29, 1.82) is 0 Å². The van der Waals surface area contributed by atoms with Gasteiger partial charge in [0.2, 0.25) is 5.91 Å². The first kappa shape index (κ1) is 15.1. The molecule has 1 heterocycles. The molecule has 0 aliphatic heterocycles. The monoisotopic (exact) mass is 269 g/mol. The minimum atomic E-state index is -0.543. The van der Waals surface area contributed by atoms with Gasteiger partial charge in [-0.25, -0.2) is 0 Å². The minimum Gasteiger partial charge on any atom is -0.353 e. The molecule has 0 fully saturated rings. The van der Waals surface area contributed by atoms with Crippen molar-refractivity contribution < 1.29 is 4.79 Å². The van der Waals surface area contributed by atoms with E-state index in [2.05, 4.69) is 31.1 Å². The summed E-state index contributed by atoms with van der Waals surface area (Å²) in [5.74, 6) is -0.102. The van der Waals surface area contributed by atoms with Crippen molar-refractivity contribution in [3.63, 3.8) is 0 Å². The molecule has 18 heavy (non-hydrogen) atoms. The Balaban J connectivity index is 2.29. The lowest BCUT2D eigenvalue weighted by Crippen LogP contribution is -2.40. The van der Waals surface area contributed by atoms with Gasteiger partial charge in [0.25, 0.3) is 0 Å². The lowest BCUT2D eigenvalue weighted by atomic mass is 10.2. The highest BCUT2D eigenvalue weighted by atomic mass is 32.1. The van der Waals surface area contributed by atoms with Crippen LogP contribution in [0.1, 0.15) is 31.2 Å². The number of hydrogen-bond donors (Lipinski definition) is 2. The molecule has 1 aromatic heterocycles. The van der Waals surface area contributed by atoms with Crippen LogP contribution in [0, 0.1) is 0 Å². The lowest BCUT2D eigenvalue weighted by Gasteiger charge is -2.23. The molecular formula is C13H23N3OS. The Bertz CT molecular complexity index is 353. The van der Waals surface area contributed by atoms with E-state index in [0.29, 0.717) is 12.6 Å². The minimum absolute atomic E-state index is 0.102. The smallest absolute Gasteiger partial charge is 0.242 e. The van der Waals surface area contributed by atoms with Gasteiger partial charge in [0.05, 0.1) is 0 Å². The number of amides is 1. The van der Waals surface area contributed by atoms with Crippen molar-refractivity contribution in [2.24, 2.45) is 5.73 Å². The molecule has 1 amide bonds. The van der Waals surface area contributed by atoms with Crippen molar-refractivity contribution in [3.8, 4) is 0 Å². The first-order valence-corrected chi connectivity index (χ1v) is 7.21. The number of hydrogen-bond acceptors (Lipinski definition) is 4. The van der Waals surface area contributed by atoms with Crippen LogP contribution >= 0.6 is 11.3 Å². The van der Waals surface area contributed by atoms with E-state index in [-0.39, 0.29) is 5.91 Å². The summed E-state index contributed by atoms with van der Waals surface area (Å²) in [6.45, 7) is 5.82. The standard InChI is InChI=1S/C13H23N3OS/c1-4-10(2)16(3)8-7-15-13(17)12(14)11-6-5-9-18-11/h5-6,9-10,12H,4,7-8,14H2,1-3H3,(H,15,17). The van der Waals surface area contributed by atoms with E-state index in [1.807, 2.05) is 17.5 Å². The molecule has 102 valence electrons. The van der Waals surface area contributed by atoms with Crippen LogP contribution in [0.25, 0.3) is 0 Å². The van der Waals surface area contributed by atoms with E-state index in [1.54, 1.807) is 0 Å². The molecule has 1 rings (SSSR count). The molecule has 0 spiro atoms. The van der Waals surface area contributed by atoms with Crippen LogP contribution in [0.5, 0.6) is 0 Å².